The first-order valence-electron chi connectivity index (χ1n) is 9.68. The van der Waals surface area contributed by atoms with Gasteiger partial charge in [0.15, 0.2) is 5.82 Å². The van der Waals surface area contributed by atoms with Crippen LogP contribution in [0.25, 0.3) is 20.4 Å². The molecule has 4 aromatic rings. The van der Waals surface area contributed by atoms with E-state index in [1.54, 1.807) is 29.1 Å². The molecule has 4 heterocycles. The number of nitrogens with zero attached hydrogens (tertiary/aromatic N) is 3. The molecule has 0 saturated carbocycles. The van der Waals surface area contributed by atoms with Crippen molar-refractivity contribution in [2.45, 2.75) is 25.3 Å². The van der Waals surface area contributed by atoms with Crippen LogP contribution in [-0.2, 0) is 0 Å². The predicted molar refractivity (Wildman–Crippen MR) is 118 cm³/mol. The Morgan fingerprint density at radius 2 is 2.17 bits per heavy atom. The number of nitrogens with one attached hydrogen (secondary N) is 1. The maximum atomic E-state index is 14.8. The Kier molecular flexibility index (Phi) is 4.95. The van der Waals surface area contributed by atoms with Crippen molar-refractivity contribution in [1.82, 2.24) is 14.9 Å². The summed E-state index contributed by atoms with van der Waals surface area (Å²) >= 11 is 3.14. The van der Waals surface area contributed by atoms with E-state index in [9.17, 15) is 9.50 Å². The Morgan fingerprint density at radius 3 is 3.03 bits per heavy atom. The van der Waals surface area contributed by atoms with Crippen molar-refractivity contribution in [2.75, 3.05) is 25.0 Å². The van der Waals surface area contributed by atoms with Gasteiger partial charge in [-0.3, -0.25) is 4.90 Å². The van der Waals surface area contributed by atoms with E-state index in [2.05, 4.69) is 33.2 Å². The Morgan fingerprint density at radius 1 is 1.28 bits per heavy atom. The van der Waals surface area contributed by atoms with Gasteiger partial charge >= 0.3 is 0 Å². The molecule has 0 amide bonds. The summed E-state index contributed by atoms with van der Waals surface area (Å²) < 4.78 is 15.7. The van der Waals surface area contributed by atoms with Crippen molar-refractivity contribution in [1.29, 1.82) is 0 Å². The number of hydrogen-bond acceptors (Lipinski definition) is 7. The Balaban J connectivity index is 1.48. The number of aromatic nitrogens is 2. The van der Waals surface area contributed by atoms with E-state index >= 15 is 0 Å². The number of anilines is 2. The van der Waals surface area contributed by atoms with Crippen molar-refractivity contribution < 1.29 is 9.50 Å². The van der Waals surface area contributed by atoms with E-state index in [0.717, 1.165) is 33.6 Å². The van der Waals surface area contributed by atoms with Gasteiger partial charge in [-0.05, 0) is 44.2 Å². The fourth-order valence-electron chi connectivity index (χ4n) is 4.22. The molecule has 150 valence electrons. The van der Waals surface area contributed by atoms with Crippen molar-refractivity contribution in [3.63, 3.8) is 0 Å². The molecule has 0 aliphatic carbocycles. The first kappa shape index (κ1) is 18.9. The molecule has 1 saturated heterocycles. The molecule has 2 atom stereocenters. The van der Waals surface area contributed by atoms with Crippen LogP contribution in [0, 0.1) is 5.82 Å². The minimum atomic E-state index is -0.326. The summed E-state index contributed by atoms with van der Waals surface area (Å²) in [5.74, 6) is 0.102. The van der Waals surface area contributed by atoms with Crippen LogP contribution in [0.2, 0.25) is 0 Å². The molecule has 0 bridgehead atoms. The maximum Gasteiger partial charge on any atom is 0.173 e. The van der Waals surface area contributed by atoms with Gasteiger partial charge in [-0.1, -0.05) is 0 Å². The van der Waals surface area contributed by atoms with E-state index in [-0.39, 0.29) is 12.4 Å². The fourth-order valence-corrected chi connectivity index (χ4v) is 6.15. The molecule has 1 fully saturated rings. The third-order valence-corrected chi connectivity index (χ3v) is 7.77. The molecule has 5 rings (SSSR count). The van der Waals surface area contributed by atoms with Crippen LogP contribution in [-0.4, -0.2) is 45.7 Å². The molecule has 5 nitrogen and oxygen atoms in total. The highest BCUT2D eigenvalue weighted by molar-refractivity contribution is 7.18. The number of rotatable bonds is 5. The average Bonchev–Trinajstić information content (AvgIpc) is 3.43. The molecular weight excluding hydrogens is 407 g/mol. The number of halogens is 1. The predicted octanol–water partition coefficient (Wildman–Crippen LogP) is 4.96. The van der Waals surface area contributed by atoms with Gasteiger partial charge in [0.1, 0.15) is 10.3 Å². The monoisotopic (exact) mass is 428 g/mol. The molecule has 1 aliphatic rings. The Bertz CT molecular complexity index is 1170. The van der Waals surface area contributed by atoms with E-state index in [1.807, 2.05) is 12.1 Å². The average molecular weight is 429 g/mol. The van der Waals surface area contributed by atoms with Gasteiger partial charge in [-0.15, -0.1) is 22.7 Å². The molecule has 0 radical (unpaired) electrons. The number of aliphatic hydroxyl groups is 1. The lowest BCUT2D eigenvalue weighted by Gasteiger charge is -2.23. The highest BCUT2D eigenvalue weighted by atomic mass is 32.1. The third kappa shape index (κ3) is 3.30. The number of fused-ring (bicyclic) bond motifs is 2. The summed E-state index contributed by atoms with van der Waals surface area (Å²) in [4.78, 5) is 13.3. The summed E-state index contributed by atoms with van der Waals surface area (Å²) in [6.45, 7) is 4.13. The van der Waals surface area contributed by atoms with Crippen LogP contribution in [0.4, 0.5) is 15.8 Å². The number of pyridine rings is 1. The molecular formula is C21H21FN4OS2. The highest BCUT2D eigenvalue weighted by Gasteiger charge is 2.32. The second kappa shape index (κ2) is 7.60. The summed E-state index contributed by atoms with van der Waals surface area (Å²) in [5, 5.41) is 13.5. The van der Waals surface area contributed by atoms with Crippen LogP contribution < -0.4 is 5.32 Å². The molecule has 3 aromatic heterocycles. The van der Waals surface area contributed by atoms with Gasteiger partial charge in [-0.25, -0.2) is 14.4 Å². The van der Waals surface area contributed by atoms with Gasteiger partial charge < -0.3 is 10.4 Å². The number of thiazole rings is 1. The van der Waals surface area contributed by atoms with Gasteiger partial charge in [0, 0.05) is 35.0 Å². The summed E-state index contributed by atoms with van der Waals surface area (Å²) in [5.41, 5.74) is 3.34. The van der Waals surface area contributed by atoms with E-state index in [0.29, 0.717) is 29.7 Å². The normalized spacial score (nSPS) is 20.1. The van der Waals surface area contributed by atoms with Crippen LogP contribution in [0.5, 0.6) is 0 Å². The maximum absolute atomic E-state index is 14.8. The van der Waals surface area contributed by atoms with Crippen LogP contribution >= 0.6 is 22.7 Å². The number of aliphatic hydroxyl groups excluding tert-OH is 1. The second-order valence-corrected chi connectivity index (χ2v) is 9.32. The number of thiophene rings is 1. The number of hydrogen-bond donors (Lipinski definition) is 2. The third-order valence-electron chi connectivity index (χ3n) is 5.80. The zero-order valence-corrected chi connectivity index (χ0v) is 17.6. The lowest BCUT2D eigenvalue weighted by atomic mass is 9.99. The van der Waals surface area contributed by atoms with Crippen LogP contribution in [0.3, 0.4) is 0 Å². The first-order valence-corrected chi connectivity index (χ1v) is 11.4. The summed E-state index contributed by atoms with van der Waals surface area (Å²) in [6.07, 6.45) is 2.84. The Hall–Kier alpha value is -2.13. The van der Waals surface area contributed by atoms with E-state index in [1.165, 1.54) is 16.2 Å². The van der Waals surface area contributed by atoms with Crippen molar-refractivity contribution in [3.8, 4) is 0 Å². The quantitative estimate of drug-likeness (QED) is 0.471. The van der Waals surface area contributed by atoms with Gasteiger partial charge in [0.05, 0.1) is 28.2 Å². The van der Waals surface area contributed by atoms with Gasteiger partial charge in [0.25, 0.3) is 0 Å². The first-order chi connectivity index (χ1) is 14.2. The van der Waals surface area contributed by atoms with Gasteiger partial charge in [0.2, 0.25) is 0 Å². The molecule has 1 aromatic carbocycles. The topological polar surface area (TPSA) is 61.3 Å². The molecule has 2 N–H and O–H groups in total. The second-order valence-electron chi connectivity index (χ2n) is 7.37. The molecule has 2 unspecified atom stereocenters. The van der Waals surface area contributed by atoms with E-state index in [4.69, 9.17) is 0 Å². The van der Waals surface area contributed by atoms with E-state index < -0.39 is 0 Å². The van der Waals surface area contributed by atoms with Crippen molar-refractivity contribution in [3.05, 3.63) is 46.7 Å². The lowest BCUT2D eigenvalue weighted by Crippen LogP contribution is -2.31. The van der Waals surface area contributed by atoms with Gasteiger partial charge in [-0.2, -0.15) is 0 Å². The summed E-state index contributed by atoms with van der Waals surface area (Å²) in [6, 6.07) is 8.13. The molecule has 1 aliphatic heterocycles. The van der Waals surface area contributed by atoms with Crippen LogP contribution in [0.1, 0.15) is 24.1 Å². The van der Waals surface area contributed by atoms with Crippen LogP contribution in [0.15, 0.2) is 36.0 Å². The standard InChI is InChI=1S/C21H21FN4OS2/c1-12-13(5-7-26(12)8-9-27)18-10-14-15(4-6-23-21(14)29-18)25-16-2-3-17-20(19(16)22)24-11-28-17/h2-4,6,10-13,27H,5,7-9H2,1H3,(H,23,25). The minimum absolute atomic E-state index is 0.188. The van der Waals surface area contributed by atoms with Crippen molar-refractivity contribution >= 4 is 54.5 Å². The number of benzene rings is 1. The number of likely N-dealkylation sites (tertiary alicyclic amines) is 1. The zero-order chi connectivity index (χ0) is 20.0. The minimum Gasteiger partial charge on any atom is -0.395 e. The molecule has 8 heteroatoms. The summed E-state index contributed by atoms with van der Waals surface area (Å²) in [7, 11) is 0. The lowest BCUT2D eigenvalue weighted by molar-refractivity contribution is 0.188. The Labute approximate surface area is 175 Å². The smallest absolute Gasteiger partial charge is 0.173 e. The zero-order valence-electron chi connectivity index (χ0n) is 15.9. The van der Waals surface area contributed by atoms with Crippen molar-refractivity contribution in [2.24, 2.45) is 0 Å². The SMILES string of the molecule is CC1C(c2cc3c(Nc4ccc5scnc5c4F)ccnc3s2)CCN1CCO. The number of β-amino-alcohol motifs (C(OH)–C–C–N with tert-alkyl or cyclic N) is 1. The highest BCUT2D eigenvalue weighted by Crippen LogP contribution is 2.41. The molecule has 29 heavy (non-hydrogen) atoms. The molecule has 0 spiro atoms. The fraction of sp³-hybridized carbons (Fsp3) is 0.333. The largest absolute Gasteiger partial charge is 0.395 e.